The normalized spacial score (nSPS) is 10.5. The van der Waals surface area contributed by atoms with Gasteiger partial charge in [-0.2, -0.15) is 0 Å². The number of anilines is 1. The number of aromatic nitrogens is 3. The van der Waals surface area contributed by atoms with Crippen LogP contribution in [-0.4, -0.2) is 20.9 Å². The molecule has 0 radical (unpaired) electrons. The highest BCUT2D eigenvalue weighted by molar-refractivity contribution is 6.35. The summed E-state index contributed by atoms with van der Waals surface area (Å²) >= 11 is 11.7. The van der Waals surface area contributed by atoms with Crippen LogP contribution in [0.25, 0.3) is 0 Å². The van der Waals surface area contributed by atoms with E-state index < -0.39 is 0 Å². The topological polar surface area (TPSA) is 85.8 Å². The Bertz CT molecular complexity index is 578. The van der Waals surface area contributed by atoms with Crippen LogP contribution in [0.5, 0.6) is 0 Å². The highest BCUT2D eigenvalue weighted by Gasteiger charge is 2.07. The molecule has 6 nitrogen and oxygen atoms in total. The lowest BCUT2D eigenvalue weighted by Crippen LogP contribution is -2.19. The molecule has 3 N–H and O–H groups in total. The average Bonchev–Trinajstić information content (AvgIpc) is 2.74. The summed E-state index contributed by atoms with van der Waals surface area (Å²) in [6, 6.07) is 4.81. The second-order valence-electron chi connectivity index (χ2n) is 3.82. The van der Waals surface area contributed by atoms with Crippen LogP contribution in [0.1, 0.15) is 5.69 Å². The van der Waals surface area contributed by atoms with Gasteiger partial charge >= 0.3 is 0 Å². The van der Waals surface area contributed by atoms with Gasteiger partial charge in [0.1, 0.15) is 6.54 Å². The molecule has 8 heteroatoms. The molecule has 19 heavy (non-hydrogen) atoms. The summed E-state index contributed by atoms with van der Waals surface area (Å²) < 4.78 is 1.41. The standard InChI is InChI=1S/C11H11Cl2N5O/c12-7-1-8(13)3-9(2-7)15-11(19)6-18-5-10(4-14)16-17-18/h1-3,5H,4,6,14H2,(H,15,19). The minimum absolute atomic E-state index is 0.0388. The summed E-state index contributed by atoms with van der Waals surface area (Å²) in [5.41, 5.74) is 6.56. The van der Waals surface area contributed by atoms with Crippen LogP contribution >= 0.6 is 23.2 Å². The zero-order chi connectivity index (χ0) is 13.8. The third kappa shape index (κ3) is 3.92. The number of rotatable bonds is 4. The summed E-state index contributed by atoms with van der Waals surface area (Å²) in [4.78, 5) is 11.8. The molecule has 1 amide bonds. The van der Waals surface area contributed by atoms with Gasteiger partial charge in [-0.15, -0.1) is 5.10 Å². The van der Waals surface area contributed by atoms with Crippen molar-refractivity contribution >= 4 is 34.8 Å². The van der Waals surface area contributed by atoms with Gasteiger partial charge in [-0.3, -0.25) is 4.79 Å². The van der Waals surface area contributed by atoms with Gasteiger partial charge in [0.05, 0.1) is 11.9 Å². The molecule has 0 aliphatic heterocycles. The lowest BCUT2D eigenvalue weighted by molar-refractivity contribution is -0.116. The molecule has 0 bridgehead atoms. The van der Waals surface area contributed by atoms with E-state index in [4.69, 9.17) is 28.9 Å². The number of carbonyl (C=O) groups excluding carboxylic acids is 1. The first-order valence-corrected chi connectivity index (χ1v) is 6.17. The van der Waals surface area contributed by atoms with Crippen molar-refractivity contribution in [1.29, 1.82) is 0 Å². The fourth-order valence-electron chi connectivity index (χ4n) is 1.48. The predicted octanol–water partition coefficient (Wildman–Crippen LogP) is 1.68. The molecule has 0 aliphatic rings. The molecule has 1 heterocycles. The predicted molar refractivity (Wildman–Crippen MR) is 73.0 cm³/mol. The van der Waals surface area contributed by atoms with Gasteiger partial charge in [0, 0.05) is 22.3 Å². The molecular weight excluding hydrogens is 289 g/mol. The minimum atomic E-state index is -0.258. The molecule has 1 aromatic heterocycles. The second kappa shape index (κ2) is 6.01. The number of nitrogens with zero attached hydrogens (tertiary/aromatic N) is 3. The number of carbonyl (C=O) groups is 1. The largest absolute Gasteiger partial charge is 0.325 e. The van der Waals surface area contributed by atoms with Gasteiger partial charge in [-0.1, -0.05) is 28.4 Å². The Kier molecular flexibility index (Phi) is 4.36. The maximum Gasteiger partial charge on any atom is 0.246 e. The van der Waals surface area contributed by atoms with Gasteiger partial charge in [-0.05, 0) is 18.2 Å². The molecule has 1 aromatic carbocycles. The molecular formula is C11H11Cl2N5O. The summed E-state index contributed by atoms with van der Waals surface area (Å²) in [6.07, 6.45) is 1.62. The first-order chi connectivity index (χ1) is 9.06. The molecule has 0 unspecified atom stereocenters. The van der Waals surface area contributed by atoms with Crippen molar-refractivity contribution in [1.82, 2.24) is 15.0 Å². The van der Waals surface area contributed by atoms with E-state index in [2.05, 4.69) is 15.6 Å². The molecule has 0 atom stereocenters. The van der Waals surface area contributed by atoms with Gasteiger partial charge in [0.2, 0.25) is 5.91 Å². The van der Waals surface area contributed by atoms with E-state index in [0.29, 0.717) is 21.4 Å². The van der Waals surface area contributed by atoms with Crippen molar-refractivity contribution < 1.29 is 4.79 Å². The van der Waals surface area contributed by atoms with Crippen LogP contribution < -0.4 is 11.1 Å². The Labute approximate surface area is 119 Å². The van der Waals surface area contributed by atoms with Crippen LogP contribution in [0, 0.1) is 0 Å². The Morgan fingerprint density at radius 1 is 1.32 bits per heavy atom. The fourth-order valence-corrected chi connectivity index (χ4v) is 2.01. The first kappa shape index (κ1) is 13.8. The lowest BCUT2D eigenvalue weighted by atomic mass is 10.3. The van der Waals surface area contributed by atoms with Gasteiger partial charge < -0.3 is 11.1 Å². The fraction of sp³-hybridized carbons (Fsp3) is 0.182. The van der Waals surface area contributed by atoms with Crippen molar-refractivity contribution in [3.8, 4) is 0 Å². The van der Waals surface area contributed by atoms with Crippen LogP contribution in [0.15, 0.2) is 24.4 Å². The van der Waals surface area contributed by atoms with E-state index in [1.165, 1.54) is 4.68 Å². The summed E-state index contributed by atoms with van der Waals surface area (Å²) in [6.45, 7) is 0.322. The molecule has 0 aliphatic carbocycles. The Morgan fingerprint density at radius 2 is 2.00 bits per heavy atom. The average molecular weight is 300 g/mol. The van der Waals surface area contributed by atoms with E-state index in [9.17, 15) is 4.79 Å². The lowest BCUT2D eigenvalue weighted by Gasteiger charge is -2.06. The minimum Gasteiger partial charge on any atom is -0.325 e. The number of nitrogens with two attached hydrogens (primary N) is 1. The zero-order valence-electron chi connectivity index (χ0n) is 9.81. The Hall–Kier alpha value is -1.63. The number of nitrogens with one attached hydrogen (secondary N) is 1. The number of amides is 1. The number of halogens is 2. The highest BCUT2D eigenvalue weighted by atomic mass is 35.5. The monoisotopic (exact) mass is 299 g/mol. The van der Waals surface area contributed by atoms with Crippen molar-refractivity contribution in [2.24, 2.45) is 5.73 Å². The molecule has 2 aromatic rings. The second-order valence-corrected chi connectivity index (χ2v) is 4.69. The summed E-state index contributed by atoms with van der Waals surface area (Å²) in [7, 11) is 0. The van der Waals surface area contributed by atoms with Crippen LogP contribution in [-0.2, 0) is 17.9 Å². The van der Waals surface area contributed by atoms with Crippen molar-refractivity contribution in [3.05, 3.63) is 40.1 Å². The van der Waals surface area contributed by atoms with Crippen LogP contribution in [0.4, 0.5) is 5.69 Å². The molecule has 0 saturated heterocycles. The van der Waals surface area contributed by atoms with E-state index in [-0.39, 0.29) is 19.0 Å². The summed E-state index contributed by atoms with van der Waals surface area (Å²) in [5, 5.41) is 11.1. The Morgan fingerprint density at radius 3 is 2.58 bits per heavy atom. The maximum atomic E-state index is 11.8. The number of benzene rings is 1. The SMILES string of the molecule is NCc1cn(CC(=O)Nc2cc(Cl)cc(Cl)c2)nn1. The van der Waals surface area contributed by atoms with Gasteiger partial charge in [0.25, 0.3) is 0 Å². The van der Waals surface area contributed by atoms with Crippen molar-refractivity contribution in [2.45, 2.75) is 13.1 Å². The van der Waals surface area contributed by atoms with E-state index in [1.54, 1.807) is 24.4 Å². The quantitative estimate of drug-likeness (QED) is 0.899. The molecule has 0 spiro atoms. The third-order valence-electron chi connectivity index (χ3n) is 2.25. The maximum absolute atomic E-state index is 11.8. The van der Waals surface area contributed by atoms with Gasteiger partial charge in [-0.25, -0.2) is 4.68 Å². The smallest absolute Gasteiger partial charge is 0.246 e. The molecule has 100 valence electrons. The third-order valence-corrected chi connectivity index (χ3v) is 2.68. The molecule has 0 fully saturated rings. The number of hydrogen-bond acceptors (Lipinski definition) is 4. The summed E-state index contributed by atoms with van der Waals surface area (Å²) in [5.74, 6) is -0.258. The van der Waals surface area contributed by atoms with E-state index in [1.807, 2.05) is 0 Å². The highest BCUT2D eigenvalue weighted by Crippen LogP contribution is 2.22. The van der Waals surface area contributed by atoms with Gasteiger partial charge in [0.15, 0.2) is 0 Å². The molecule has 0 saturated carbocycles. The van der Waals surface area contributed by atoms with E-state index >= 15 is 0 Å². The number of hydrogen-bond donors (Lipinski definition) is 2. The first-order valence-electron chi connectivity index (χ1n) is 5.42. The molecule has 2 rings (SSSR count). The van der Waals surface area contributed by atoms with Crippen LogP contribution in [0.2, 0.25) is 10.0 Å². The van der Waals surface area contributed by atoms with Crippen molar-refractivity contribution in [2.75, 3.05) is 5.32 Å². The zero-order valence-corrected chi connectivity index (χ0v) is 11.3. The van der Waals surface area contributed by atoms with E-state index in [0.717, 1.165) is 0 Å². The van der Waals surface area contributed by atoms with Crippen molar-refractivity contribution in [3.63, 3.8) is 0 Å². The van der Waals surface area contributed by atoms with Crippen LogP contribution in [0.3, 0.4) is 0 Å². The Balaban J connectivity index is 2.00.